The first kappa shape index (κ1) is 15.0. The van der Waals surface area contributed by atoms with Gasteiger partial charge in [0.2, 0.25) is 11.7 Å². The summed E-state index contributed by atoms with van der Waals surface area (Å²) < 4.78 is 11.8. The largest absolute Gasteiger partial charge is 0.420 e. The van der Waals surface area contributed by atoms with Gasteiger partial charge >= 0.3 is 5.76 Å². The molecule has 0 N–H and O–H groups in total. The van der Waals surface area contributed by atoms with Gasteiger partial charge in [0.1, 0.15) is 6.54 Å². The molecule has 0 unspecified atom stereocenters. The topological polar surface area (TPSA) is 74.1 Å². The van der Waals surface area contributed by atoms with Crippen molar-refractivity contribution in [1.82, 2.24) is 14.7 Å². The predicted molar refractivity (Wildman–Crippen MR) is 89.3 cm³/mol. The number of hydrogen-bond donors (Lipinski definition) is 0. The summed E-state index contributed by atoms with van der Waals surface area (Å²) in [5.74, 6) is 0.105. The van der Waals surface area contributed by atoms with Crippen molar-refractivity contribution >= 4 is 34.3 Å². The Bertz CT molecular complexity index is 1100. The third kappa shape index (κ3) is 2.60. The second-order valence-corrected chi connectivity index (χ2v) is 5.90. The molecule has 0 bridgehead atoms. The summed E-state index contributed by atoms with van der Waals surface area (Å²) in [7, 11) is 0. The van der Waals surface area contributed by atoms with Gasteiger partial charge in [0, 0.05) is 16.7 Å². The van der Waals surface area contributed by atoms with Crippen LogP contribution in [0.3, 0.4) is 0 Å². The molecule has 8 heteroatoms. The van der Waals surface area contributed by atoms with Crippen LogP contribution in [0.2, 0.25) is 10.0 Å². The van der Waals surface area contributed by atoms with E-state index in [0.29, 0.717) is 32.5 Å². The first-order valence-corrected chi connectivity index (χ1v) is 7.74. The molecule has 4 aromatic rings. The summed E-state index contributed by atoms with van der Waals surface area (Å²) in [6.45, 7) is 0.0882. The Labute approximate surface area is 145 Å². The van der Waals surface area contributed by atoms with E-state index in [1.807, 2.05) is 12.1 Å². The molecule has 0 spiro atoms. The van der Waals surface area contributed by atoms with Crippen LogP contribution in [-0.4, -0.2) is 14.7 Å². The molecule has 0 saturated heterocycles. The van der Waals surface area contributed by atoms with E-state index >= 15 is 0 Å². The zero-order valence-corrected chi connectivity index (χ0v) is 13.6. The minimum Gasteiger partial charge on any atom is -0.408 e. The molecule has 0 aliphatic heterocycles. The second kappa shape index (κ2) is 5.81. The molecular formula is C16H9Cl2N3O3. The van der Waals surface area contributed by atoms with Crippen molar-refractivity contribution in [3.63, 3.8) is 0 Å². The van der Waals surface area contributed by atoms with Crippen molar-refractivity contribution in [2.24, 2.45) is 0 Å². The van der Waals surface area contributed by atoms with Crippen LogP contribution in [0, 0.1) is 0 Å². The number of rotatable bonds is 3. The Morgan fingerprint density at radius 2 is 1.96 bits per heavy atom. The summed E-state index contributed by atoms with van der Waals surface area (Å²) in [5.41, 5.74) is 1.66. The fourth-order valence-corrected chi connectivity index (χ4v) is 2.78. The Morgan fingerprint density at radius 3 is 2.79 bits per heavy atom. The fourth-order valence-electron chi connectivity index (χ4n) is 2.40. The smallest absolute Gasteiger partial charge is 0.408 e. The zero-order valence-electron chi connectivity index (χ0n) is 12.1. The molecule has 0 amide bonds. The van der Waals surface area contributed by atoms with Crippen molar-refractivity contribution in [2.75, 3.05) is 0 Å². The molecule has 6 nitrogen and oxygen atoms in total. The van der Waals surface area contributed by atoms with E-state index in [-0.39, 0.29) is 12.4 Å². The van der Waals surface area contributed by atoms with Gasteiger partial charge in [-0.3, -0.25) is 4.57 Å². The maximum atomic E-state index is 12.0. The molecule has 2 aromatic carbocycles. The van der Waals surface area contributed by atoms with Gasteiger partial charge in [-0.2, -0.15) is 4.98 Å². The highest BCUT2D eigenvalue weighted by atomic mass is 35.5. The highest BCUT2D eigenvalue weighted by Gasteiger charge is 2.15. The van der Waals surface area contributed by atoms with E-state index in [9.17, 15) is 4.79 Å². The predicted octanol–water partition coefficient (Wildman–Crippen LogP) is 4.00. The number of hydrogen-bond acceptors (Lipinski definition) is 5. The Kier molecular flexibility index (Phi) is 3.63. The van der Waals surface area contributed by atoms with Gasteiger partial charge in [0.15, 0.2) is 5.58 Å². The molecule has 0 fully saturated rings. The minimum absolute atomic E-state index is 0.0882. The number of oxazole rings is 1. The van der Waals surface area contributed by atoms with Crippen LogP contribution in [-0.2, 0) is 6.54 Å². The van der Waals surface area contributed by atoms with Crippen LogP contribution in [0.1, 0.15) is 5.89 Å². The lowest BCUT2D eigenvalue weighted by atomic mass is 10.2. The van der Waals surface area contributed by atoms with E-state index < -0.39 is 5.76 Å². The highest BCUT2D eigenvalue weighted by molar-refractivity contribution is 6.33. The highest BCUT2D eigenvalue weighted by Crippen LogP contribution is 2.25. The molecule has 24 heavy (non-hydrogen) atoms. The Morgan fingerprint density at radius 1 is 1.12 bits per heavy atom. The van der Waals surface area contributed by atoms with Gasteiger partial charge in [0.25, 0.3) is 0 Å². The molecule has 2 heterocycles. The van der Waals surface area contributed by atoms with Crippen LogP contribution in [0.25, 0.3) is 22.5 Å². The molecule has 0 aliphatic carbocycles. The lowest BCUT2D eigenvalue weighted by molar-refractivity contribution is 0.367. The first-order valence-electron chi connectivity index (χ1n) is 6.98. The standard InChI is InChI=1S/C16H9Cl2N3O3/c17-9-5-6-12-13(7-9)23-16(22)21(12)8-14-19-15(20-24-14)10-3-1-2-4-11(10)18/h1-7H,8H2. The Balaban J connectivity index is 1.71. The lowest BCUT2D eigenvalue weighted by Gasteiger charge is -1.97. The minimum atomic E-state index is -0.523. The van der Waals surface area contributed by atoms with Crippen molar-refractivity contribution in [3.8, 4) is 11.4 Å². The quantitative estimate of drug-likeness (QED) is 0.551. The molecule has 0 aliphatic rings. The average molecular weight is 362 g/mol. The van der Waals surface area contributed by atoms with E-state index in [2.05, 4.69) is 10.1 Å². The van der Waals surface area contributed by atoms with Crippen molar-refractivity contribution < 1.29 is 8.94 Å². The SMILES string of the molecule is O=c1oc2cc(Cl)ccc2n1Cc1nc(-c2ccccc2Cl)no1. The fraction of sp³-hybridized carbons (Fsp3) is 0.0625. The Hall–Kier alpha value is -2.57. The summed E-state index contributed by atoms with van der Waals surface area (Å²) in [6, 6.07) is 12.1. The third-order valence-electron chi connectivity index (χ3n) is 3.51. The van der Waals surface area contributed by atoms with Gasteiger partial charge in [-0.15, -0.1) is 0 Å². The third-order valence-corrected chi connectivity index (χ3v) is 4.07. The molecule has 0 atom stereocenters. The summed E-state index contributed by atoms with van der Waals surface area (Å²) in [6.07, 6.45) is 0. The number of fused-ring (bicyclic) bond motifs is 1. The normalized spacial score (nSPS) is 11.2. The van der Waals surface area contributed by atoms with Gasteiger partial charge in [-0.25, -0.2) is 4.79 Å². The molecule has 0 radical (unpaired) electrons. The summed E-state index contributed by atoms with van der Waals surface area (Å²) in [5, 5.41) is 4.92. The number of nitrogens with zero attached hydrogens (tertiary/aromatic N) is 3. The van der Waals surface area contributed by atoms with Crippen molar-refractivity contribution in [1.29, 1.82) is 0 Å². The molecule has 0 saturated carbocycles. The van der Waals surface area contributed by atoms with Crippen LogP contribution < -0.4 is 5.76 Å². The number of halogens is 2. The summed E-state index contributed by atoms with van der Waals surface area (Å²) in [4.78, 5) is 16.3. The van der Waals surface area contributed by atoms with E-state index in [0.717, 1.165) is 0 Å². The molecule has 2 aromatic heterocycles. The van der Waals surface area contributed by atoms with Crippen LogP contribution >= 0.6 is 23.2 Å². The van der Waals surface area contributed by atoms with Crippen molar-refractivity contribution in [2.45, 2.75) is 6.54 Å². The van der Waals surface area contributed by atoms with Crippen molar-refractivity contribution in [3.05, 3.63) is 69.0 Å². The maximum Gasteiger partial charge on any atom is 0.420 e. The maximum absolute atomic E-state index is 12.0. The van der Waals surface area contributed by atoms with Gasteiger partial charge < -0.3 is 8.94 Å². The average Bonchev–Trinajstić information content (AvgIpc) is 3.13. The zero-order chi connectivity index (χ0) is 16.7. The summed E-state index contributed by atoms with van der Waals surface area (Å²) >= 11 is 12.0. The second-order valence-electron chi connectivity index (χ2n) is 5.06. The molecular weight excluding hydrogens is 353 g/mol. The van der Waals surface area contributed by atoms with E-state index in [1.54, 1.807) is 30.3 Å². The van der Waals surface area contributed by atoms with Crippen LogP contribution in [0.5, 0.6) is 0 Å². The van der Waals surface area contributed by atoms with Gasteiger partial charge in [-0.1, -0.05) is 40.5 Å². The van der Waals surface area contributed by atoms with Crippen LogP contribution in [0.4, 0.5) is 0 Å². The molecule has 120 valence electrons. The molecule has 4 rings (SSSR count). The first-order chi connectivity index (χ1) is 11.6. The van der Waals surface area contributed by atoms with Crippen LogP contribution in [0.15, 0.2) is 56.2 Å². The number of aromatic nitrogens is 3. The van der Waals surface area contributed by atoms with Gasteiger partial charge in [-0.05, 0) is 24.3 Å². The van der Waals surface area contributed by atoms with E-state index in [4.69, 9.17) is 32.1 Å². The lowest BCUT2D eigenvalue weighted by Crippen LogP contribution is -2.15. The monoisotopic (exact) mass is 361 g/mol. The van der Waals surface area contributed by atoms with E-state index in [1.165, 1.54) is 4.57 Å². The number of benzene rings is 2. The van der Waals surface area contributed by atoms with Gasteiger partial charge in [0.05, 0.1) is 10.5 Å².